The zero-order valence-corrected chi connectivity index (χ0v) is 51.0. The van der Waals surface area contributed by atoms with E-state index in [1.807, 2.05) is 0 Å². The fraction of sp³-hybridized carbons (Fsp3) is 0.761. The number of esters is 3. The smallest absolute Gasteiger partial charge is 0.306 e. The van der Waals surface area contributed by atoms with Crippen molar-refractivity contribution >= 4 is 17.9 Å². The molecule has 0 spiro atoms. The van der Waals surface area contributed by atoms with Crippen molar-refractivity contribution in [2.24, 2.45) is 0 Å². The van der Waals surface area contributed by atoms with Crippen molar-refractivity contribution in [3.8, 4) is 0 Å². The second-order valence-electron chi connectivity index (χ2n) is 22.0. The second kappa shape index (κ2) is 65.1. The molecule has 0 aliphatic rings. The van der Waals surface area contributed by atoms with Crippen LogP contribution in [0.25, 0.3) is 0 Å². The van der Waals surface area contributed by atoms with E-state index in [1.54, 1.807) is 0 Å². The predicted molar refractivity (Wildman–Crippen MR) is 334 cm³/mol. The Morgan fingerprint density at radius 2 is 0.506 bits per heavy atom. The van der Waals surface area contributed by atoms with Gasteiger partial charge in [-0.1, -0.05) is 298 Å². The molecular formula is C71H124O6. The number of carbonyl (C=O) groups excluding carboxylic acids is 3. The van der Waals surface area contributed by atoms with E-state index in [2.05, 4.69) is 106 Å². The minimum Gasteiger partial charge on any atom is -0.462 e. The van der Waals surface area contributed by atoms with Gasteiger partial charge in [0, 0.05) is 19.3 Å². The quantitative estimate of drug-likeness (QED) is 0.0261. The highest BCUT2D eigenvalue weighted by Gasteiger charge is 2.19. The van der Waals surface area contributed by atoms with Crippen LogP contribution >= 0.6 is 0 Å². The minimum absolute atomic E-state index is 0.0797. The van der Waals surface area contributed by atoms with Crippen LogP contribution in [0.1, 0.15) is 329 Å². The fourth-order valence-corrected chi connectivity index (χ4v) is 9.44. The summed E-state index contributed by atoms with van der Waals surface area (Å²) in [7, 11) is 0. The lowest BCUT2D eigenvalue weighted by molar-refractivity contribution is -0.167. The van der Waals surface area contributed by atoms with Crippen LogP contribution < -0.4 is 0 Å². The third-order valence-electron chi connectivity index (χ3n) is 14.4. The summed E-state index contributed by atoms with van der Waals surface area (Å²) in [5.41, 5.74) is 0. The monoisotopic (exact) mass is 1070 g/mol. The molecule has 0 fully saturated rings. The molecule has 0 aromatic rings. The van der Waals surface area contributed by atoms with E-state index >= 15 is 0 Å². The summed E-state index contributed by atoms with van der Waals surface area (Å²) in [4.78, 5) is 38.4. The van der Waals surface area contributed by atoms with Crippen LogP contribution in [0, 0.1) is 0 Å². The SMILES string of the molecule is CC/C=C\C/C=C\C/C=C\C/C=C\C/C=C\C/C=C\CCCCCCCCC(=O)OCC(COC(=O)CCCCCCCCCCCCCCCCCCC)OC(=O)CCCCCCCCC/C=C\CCCCCCCC. The summed E-state index contributed by atoms with van der Waals surface area (Å²) in [5.74, 6) is -0.883. The molecular weight excluding hydrogens is 949 g/mol. The number of carbonyl (C=O) groups is 3. The fourth-order valence-electron chi connectivity index (χ4n) is 9.44. The highest BCUT2D eigenvalue weighted by atomic mass is 16.6. The van der Waals surface area contributed by atoms with Crippen LogP contribution in [-0.2, 0) is 28.6 Å². The van der Waals surface area contributed by atoms with E-state index in [4.69, 9.17) is 14.2 Å². The standard InChI is InChI=1S/C71H124O6/c1-4-7-10-13-16-19-22-25-28-31-32-33-34-35-36-37-38-41-43-46-49-52-55-58-61-64-70(73)76-67-68(77-71(74)65-62-59-56-53-50-47-44-40-30-27-24-21-18-15-12-9-6-3)66-75-69(72)63-60-57-54-51-48-45-42-39-29-26-23-20-17-14-11-8-5-2/h7,10,16,19,25,27-28,30,32-33,35-36,38,41,68H,4-6,8-9,11-15,17-18,20-24,26,29,31,34,37,39-40,42-67H2,1-3H3/b10-7-,19-16-,28-25-,30-27-,33-32-,36-35-,41-38-. The largest absolute Gasteiger partial charge is 0.462 e. The van der Waals surface area contributed by atoms with Crippen LogP contribution in [0.4, 0.5) is 0 Å². The van der Waals surface area contributed by atoms with Gasteiger partial charge >= 0.3 is 17.9 Å². The van der Waals surface area contributed by atoms with Crippen molar-refractivity contribution in [3.05, 3.63) is 85.1 Å². The van der Waals surface area contributed by atoms with E-state index in [0.29, 0.717) is 19.3 Å². The number of rotatable bonds is 60. The van der Waals surface area contributed by atoms with Crippen LogP contribution in [0.15, 0.2) is 85.1 Å². The van der Waals surface area contributed by atoms with Gasteiger partial charge in [0.2, 0.25) is 0 Å². The normalized spacial score (nSPS) is 12.6. The maximum absolute atomic E-state index is 12.9. The number of ether oxygens (including phenoxy) is 3. The Bertz CT molecular complexity index is 1470. The van der Waals surface area contributed by atoms with Gasteiger partial charge in [-0.15, -0.1) is 0 Å². The van der Waals surface area contributed by atoms with Gasteiger partial charge in [-0.05, 0) is 96.3 Å². The Balaban J connectivity index is 4.38. The number of hydrogen-bond donors (Lipinski definition) is 0. The first-order valence-corrected chi connectivity index (χ1v) is 33.1. The Kier molecular flexibility index (Phi) is 62.2. The predicted octanol–water partition coefficient (Wildman–Crippen LogP) is 22.7. The molecule has 0 rings (SSSR count). The summed E-state index contributed by atoms with van der Waals surface area (Å²) < 4.78 is 17.0. The van der Waals surface area contributed by atoms with Gasteiger partial charge in [-0.3, -0.25) is 14.4 Å². The summed E-state index contributed by atoms with van der Waals surface area (Å²) in [6, 6.07) is 0. The molecule has 6 nitrogen and oxygen atoms in total. The molecule has 0 aliphatic heterocycles. The van der Waals surface area contributed by atoms with Crippen molar-refractivity contribution in [3.63, 3.8) is 0 Å². The maximum Gasteiger partial charge on any atom is 0.306 e. The average Bonchev–Trinajstić information content (AvgIpc) is 3.43. The lowest BCUT2D eigenvalue weighted by atomic mass is 10.0. The van der Waals surface area contributed by atoms with Gasteiger partial charge in [-0.25, -0.2) is 0 Å². The number of hydrogen-bond acceptors (Lipinski definition) is 6. The van der Waals surface area contributed by atoms with Gasteiger partial charge in [0.1, 0.15) is 13.2 Å². The molecule has 444 valence electrons. The molecule has 0 saturated carbocycles. The minimum atomic E-state index is -0.785. The van der Waals surface area contributed by atoms with Crippen molar-refractivity contribution in [2.75, 3.05) is 13.2 Å². The molecule has 6 heteroatoms. The number of unbranched alkanes of at least 4 members (excludes halogenated alkanes) is 35. The molecule has 0 saturated heterocycles. The molecule has 0 bridgehead atoms. The van der Waals surface area contributed by atoms with Crippen molar-refractivity contribution < 1.29 is 28.6 Å². The zero-order valence-electron chi connectivity index (χ0n) is 51.0. The molecule has 0 aliphatic carbocycles. The van der Waals surface area contributed by atoms with Gasteiger partial charge < -0.3 is 14.2 Å². The summed E-state index contributed by atoms with van der Waals surface area (Å²) in [5, 5.41) is 0. The first-order chi connectivity index (χ1) is 38.0. The first-order valence-electron chi connectivity index (χ1n) is 33.1. The zero-order chi connectivity index (χ0) is 55.7. The van der Waals surface area contributed by atoms with Crippen molar-refractivity contribution in [1.82, 2.24) is 0 Å². The van der Waals surface area contributed by atoms with Crippen LogP contribution in [-0.4, -0.2) is 37.2 Å². The third kappa shape index (κ3) is 63.3. The van der Waals surface area contributed by atoms with Crippen LogP contribution in [0.5, 0.6) is 0 Å². The first kappa shape index (κ1) is 73.6. The molecule has 1 unspecified atom stereocenters. The van der Waals surface area contributed by atoms with E-state index < -0.39 is 6.10 Å². The molecule has 0 N–H and O–H groups in total. The summed E-state index contributed by atoms with van der Waals surface area (Å²) in [6.45, 7) is 6.55. The molecule has 77 heavy (non-hydrogen) atoms. The van der Waals surface area contributed by atoms with Gasteiger partial charge in [-0.2, -0.15) is 0 Å². The van der Waals surface area contributed by atoms with Gasteiger partial charge in [0.15, 0.2) is 6.10 Å². The van der Waals surface area contributed by atoms with Gasteiger partial charge in [0.25, 0.3) is 0 Å². The van der Waals surface area contributed by atoms with Crippen LogP contribution in [0.3, 0.4) is 0 Å². The lowest BCUT2D eigenvalue weighted by Gasteiger charge is -2.18. The molecule has 0 heterocycles. The lowest BCUT2D eigenvalue weighted by Crippen LogP contribution is -2.30. The second-order valence-corrected chi connectivity index (χ2v) is 22.0. The molecule has 0 radical (unpaired) electrons. The highest BCUT2D eigenvalue weighted by molar-refractivity contribution is 5.71. The van der Waals surface area contributed by atoms with Crippen LogP contribution in [0.2, 0.25) is 0 Å². The molecule has 1 atom stereocenters. The summed E-state index contributed by atoms with van der Waals surface area (Å²) in [6.07, 6.45) is 85.8. The van der Waals surface area contributed by atoms with Gasteiger partial charge in [0.05, 0.1) is 0 Å². The van der Waals surface area contributed by atoms with E-state index in [9.17, 15) is 14.4 Å². The molecule has 0 amide bonds. The van der Waals surface area contributed by atoms with E-state index in [0.717, 1.165) is 109 Å². The Morgan fingerprint density at radius 1 is 0.273 bits per heavy atom. The third-order valence-corrected chi connectivity index (χ3v) is 14.4. The number of allylic oxidation sites excluding steroid dienone is 14. The topological polar surface area (TPSA) is 78.9 Å². The highest BCUT2D eigenvalue weighted by Crippen LogP contribution is 2.17. The molecule has 0 aromatic carbocycles. The van der Waals surface area contributed by atoms with E-state index in [1.165, 1.54) is 180 Å². The Morgan fingerprint density at radius 3 is 0.805 bits per heavy atom. The maximum atomic E-state index is 12.9. The Hall–Kier alpha value is -3.41. The van der Waals surface area contributed by atoms with Crippen molar-refractivity contribution in [1.29, 1.82) is 0 Å². The average molecular weight is 1070 g/mol. The van der Waals surface area contributed by atoms with E-state index in [-0.39, 0.29) is 31.1 Å². The Labute approximate surface area is 477 Å². The summed E-state index contributed by atoms with van der Waals surface area (Å²) >= 11 is 0. The molecule has 0 aromatic heterocycles. The van der Waals surface area contributed by atoms with Crippen molar-refractivity contribution in [2.45, 2.75) is 335 Å².